The number of halogens is 1. The van der Waals surface area contributed by atoms with Crippen LogP contribution in [0.3, 0.4) is 0 Å². The summed E-state index contributed by atoms with van der Waals surface area (Å²) < 4.78 is 20.2. The van der Waals surface area contributed by atoms with Gasteiger partial charge in [-0.05, 0) is 38.1 Å². The quantitative estimate of drug-likeness (QED) is 0.812. The highest BCUT2D eigenvalue weighted by Gasteiger charge is 2.02. The van der Waals surface area contributed by atoms with Crippen LogP contribution in [-0.2, 0) is 6.61 Å². The van der Waals surface area contributed by atoms with E-state index in [-0.39, 0.29) is 5.82 Å². The number of hydrogen-bond acceptors (Lipinski definition) is 2. The molecule has 0 aliphatic heterocycles. The van der Waals surface area contributed by atoms with Crippen molar-refractivity contribution in [3.8, 4) is 5.75 Å². The first-order valence-electron chi connectivity index (χ1n) is 5.56. The minimum atomic E-state index is -0.263. The van der Waals surface area contributed by atoms with Crippen LogP contribution >= 0.6 is 0 Å². The number of ether oxygens (including phenoxy) is 1. The summed E-state index contributed by atoms with van der Waals surface area (Å²) in [6.45, 7) is 4.57. The van der Waals surface area contributed by atoms with Crippen molar-refractivity contribution >= 4 is 0 Å². The number of imidazole rings is 1. The zero-order valence-corrected chi connectivity index (χ0v) is 9.93. The van der Waals surface area contributed by atoms with Gasteiger partial charge in [0.15, 0.2) is 0 Å². The third-order valence-corrected chi connectivity index (χ3v) is 2.45. The summed E-state index contributed by atoms with van der Waals surface area (Å²) in [7, 11) is 0. The van der Waals surface area contributed by atoms with E-state index < -0.39 is 0 Å². The molecule has 1 heterocycles. The van der Waals surface area contributed by atoms with Gasteiger partial charge in [-0.3, -0.25) is 0 Å². The van der Waals surface area contributed by atoms with E-state index in [0.717, 1.165) is 5.69 Å². The smallest absolute Gasteiger partial charge is 0.132 e. The Bertz CT molecular complexity index is 476. The predicted octanol–water partition coefficient (Wildman–Crippen LogP) is 3.18. The number of aromatic nitrogens is 2. The maximum Gasteiger partial charge on any atom is 0.132 e. The zero-order valence-electron chi connectivity index (χ0n) is 9.93. The molecule has 1 aromatic heterocycles. The highest BCUT2D eigenvalue weighted by atomic mass is 19.1. The molecule has 2 rings (SSSR count). The van der Waals surface area contributed by atoms with Gasteiger partial charge in [0.2, 0.25) is 0 Å². The second-order valence-corrected chi connectivity index (χ2v) is 4.15. The molecule has 2 aromatic rings. The molecular weight excluding hydrogens is 219 g/mol. The summed E-state index contributed by atoms with van der Waals surface area (Å²) in [5, 5.41) is 0. The van der Waals surface area contributed by atoms with Crippen LogP contribution in [-0.4, -0.2) is 9.55 Å². The third kappa shape index (κ3) is 3.06. The highest BCUT2D eigenvalue weighted by Crippen LogP contribution is 2.13. The molecule has 0 bridgehead atoms. The molecule has 1 aromatic carbocycles. The number of nitrogens with zero attached hydrogens (tertiary/aromatic N) is 2. The van der Waals surface area contributed by atoms with Gasteiger partial charge in [-0.2, -0.15) is 0 Å². The van der Waals surface area contributed by atoms with Crippen LogP contribution < -0.4 is 4.74 Å². The molecule has 4 heteroatoms. The first kappa shape index (κ1) is 11.6. The van der Waals surface area contributed by atoms with Gasteiger partial charge in [-0.15, -0.1) is 0 Å². The first-order valence-corrected chi connectivity index (χ1v) is 5.56. The van der Waals surface area contributed by atoms with E-state index in [1.165, 1.54) is 12.1 Å². The topological polar surface area (TPSA) is 27.1 Å². The van der Waals surface area contributed by atoms with Crippen LogP contribution in [0.4, 0.5) is 4.39 Å². The molecule has 0 fully saturated rings. The zero-order chi connectivity index (χ0) is 12.3. The van der Waals surface area contributed by atoms with E-state index in [9.17, 15) is 4.39 Å². The van der Waals surface area contributed by atoms with Crippen molar-refractivity contribution in [3.05, 3.63) is 48.3 Å². The van der Waals surface area contributed by atoms with Gasteiger partial charge in [0.05, 0.1) is 12.0 Å². The molecule has 0 radical (unpaired) electrons. The summed E-state index contributed by atoms with van der Waals surface area (Å²) in [5.41, 5.74) is 0.864. The van der Waals surface area contributed by atoms with Crippen molar-refractivity contribution in [1.29, 1.82) is 0 Å². The van der Waals surface area contributed by atoms with Crippen molar-refractivity contribution in [2.75, 3.05) is 0 Å². The van der Waals surface area contributed by atoms with Crippen LogP contribution in [0.5, 0.6) is 5.75 Å². The second kappa shape index (κ2) is 4.99. The van der Waals surface area contributed by atoms with Crippen molar-refractivity contribution in [3.63, 3.8) is 0 Å². The van der Waals surface area contributed by atoms with Crippen LogP contribution in [0.15, 0.2) is 36.8 Å². The molecule has 0 N–H and O–H groups in total. The summed E-state index contributed by atoms with van der Waals surface area (Å²) >= 11 is 0. The molecule has 0 unspecified atom stereocenters. The minimum absolute atomic E-state index is 0.263. The summed E-state index contributed by atoms with van der Waals surface area (Å²) in [5.74, 6) is 0.381. The molecule has 0 saturated heterocycles. The van der Waals surface area contributed by atoms with Gasteiger partial charge in [0.25, 0.3) is 0 Å². The Hall–Kier alpha value is -1.84. The standard InChI is InChI=1S/C13H15FN2O/c1-10(2)16-7-12(15-9-16)8-17-13-5-3-11(14)4-6-13/h3-7,9-10H,8H2,1-2H3. The van der Waals surface area contributed by atoms with E-state index in [0.29, 0.717) is 18.4 Å². The molecule has 0 spiro atoms. The van der Waals surface area contributed by atoms with Crippen molar-refractivity contribution in [1.82, 2.24) is 9.55 Å². The molecule has 0 saturated carbocycles. The van der Waals surface area contributed by atoms with E-state index in [1.807, 2.05) is 10.8 Å². The van der Waals surface area contributed by atoms with E-state index in [4.69, 9.17) is 4.74 Å². The third-order valence-electron chi connectivity index (χ3n) is 2.45. The normalized spacial score (nSPS) is 10.8. The first-order chi connectivity index (χ1) is 8.15. The Kier molecular flexibility index (Phi) is 3.42. The maximum absolute atomic E-state index is 12.7. The van der Waals surface area contributed by atoms with Crippen LogP contribution in [0.1, 0.15) is 25.6 Å². The van der Waals surface area contributed by atoms with Gasteiger partial charge in [0.1, 0.15) is 18.2 Å². The molecular formula is C13H15FN2O. The Morgan fingerprint density at radius 2 is 2.00 bits per heavy atom. The summed E-state index contributed by atoms with van der Waals surface area (Å²) in [6, 6.07) is 6.36. The molecule has 17 heavy (non-hydrogen) atoms. The Morgan fingerprint density at radius 3 is 2.59 bits per heavy atom. The fourth-order valence-electron chi connectivity index (χ4n) is 1.42. The molecule has 90 valence electrons. The molecule has 0 aliphatic rings. The average Bonchev–Trinajstić information content (AvgIpc) is 2.77. The Balaban J connectivity index is 1.95. The fraction of sp³-hybridized carbons (Fsp3) is 0.308. The predicted molar refractivity (Wildman–Crippen MR) is 63.3 cm³/mol. The lowest BCUT2D eigenvalue weighted by Crippen LogP contribution is -1.97. The molecule has 0 atom stereocenters. The number of rotatable bonds is 4. The highest BCUT2D eigenvalue weighted by molar-refractivity contribution is 5.22. The fourth-order valence-corrected chi connectivity index (χ4v) is 1.42. The lowest BCUT2D eigenvalue weighted by atomic mass is 10.3. The average molecular weight is 234 g/mol. The van der Waals surface area contributed by atoms with E-state index in [2.05, 4.69) is 18.8 Å². The SMILES string of the molecule is CC(C)n1cnc(COc2ccc(F)cc2)c1. The maximum atomic E-state index is 12.7. The molecule has 3 nitrogen and oxygen atoms in total. The van der Waals surface area contributed by atoms with Gasteiger partial charge in [-0.1, -0.05) is 0 Å². The van der Waals surface area contributed by atoms with Crippen molar-refractivity contribution in [2.45, 2.75) is 26.5 Å². The van der Waals surface area contributed by atoms with E-state index in [1.54, 1.807) is 18.5 Å². The van der Waals surface area contributed by atoms with Crippen molar-refractivity contribution < 1.29 is 9.13 Å². The van der Waals surface area contributed by atoms with Gasteiger partial charge >= 0.3 is 0 Å². The summed E-state index contributed by atoms with van der Waals surface area (Å²) in [4.78, 5) is 4.23. The van der Waals surface area contributed by atoms with E-state index >= 15 is 0 Å². The lowest BCUT2D eigenvalue weighted by Gasteiger charge is -2.05. The minimum Gasteiger partial charge on any atom is -0.487 e. The van der Waals surface area contributed by atoms with Crippen LogP contribution in [0.25, 0.3) is 0 Å². The molecule has 0 aliphatic carbocycles. The number of hydrogen-bond donors (Lipinski definition) is 0. The number of benzene rings is 1. The summed E-state index contributed by atoms with van der Waals surface area (Å²) in [6.07, 6.45) is 3.74. The second-order valence-electron chi connectivity index (χ2n) is 4.15. The van der Waals surface area contributed by atoms with Gasteiger partial charge in [-0.25, -0.2) is 9.37 Å². The lowest BCUT2D eigenvalue weighted by molar-refractivity contribution is 0.301. The largest absolute Gasteiger partial charge is 0.487 e. The van der Waals surface area contributed by atoms with Crippen molar-refractivity contribution in [2.24, 2.45) is 0 Å². The van der Waals surface area contributed by atoms with Crippen LogP contribution in [0, 0.1) is 5.82 Å². The van der Waals surface area contributed by atoms with Crippen LogP contribution in [0.2, 0.25) is 0 Å². The Labute approximate surface area is 99.9 Å². The Morgan fingerprint density at radius 1 is 1.29 bits per heavy atom. The van der Waals surface area contributed by atoms with Gasteiger partial charge in [0, 0.05) is 12.2 Å². The monoisotopic (exact) mass is 234 g/mol. The van der Waals surface area contributed by atoms with Gasteiger partial charge < -0.3 is 9.30 Å². The molecule has 0 amide bonds.